The lowest BCUT2D eigenvalue weighted by Crippen LogP contribution is -2.46. The van der Waals surface area contributed by atoms with Crippen molar-refractivity contribution in [3.63, 3.8) is 0 Å². The molecule has 1 aromatic rings. The van der Waals surface area contributed by atoms with Gasteiger partial charge in [-0.25, -0.2) is 0 Å². The normalized spacial score (nSPS) is 18.0. The van der Waals surface area contributed by atoms with Crippen LogP contribution in [0.2, 0.25) is 0 Å². The summed E-state index contributed by atoms with van der Waals surface area (Å²) < 4.78 is 0. The summed E-state index contributed by atoms with van der Waals surface area (Å²) in [7, 11) is 0. The monoisotopic (exact) mass is 259 g/mol. The standard InChI is InChI=1S/C15H21N3O/c19-15(18-10-8-16-9-11-18)5-4-12-2-1-3-14-13(12)6-7-17-14/h1-3,16-17H,4-11H2. The van der Waals surface area contributed by atoms with Crippen molar-refractivity contribution >= 4 is 11.6 Å². The lowest BCUT2D eigenvalue weighted by atomic mass is 10.0. The molecule has 2 aliphatic rings. The summed E-state index contributed by atoms with van der Waals surface area (Å²) in [5.74, 6) is 0.296. The minimum absolute atomic E-state index is 0.296. The summed E-state index contributed by atoms with van der Waals surface area (Å²) in [4.78, 5) is 14.1. The molecule has 4 nitrogen and oxygen atoms in total. The van der Waals surface area contributed by atoms with Crippen LogP contribution in [0.3, 0.4) is 0 Å². The lowest BCUT2D eigenvalue weighted by molar-refractivity contribution is -0.131. The van der Waals surface area contributed by atoms with Gasteiger partial charge in [-0.15, -0.1) is 0 Å². The zero-order chi connectivity index (χ0) is 13.1. The predicted octanol–water partition coefficient (Wildman–Crippen LogP) is 1.02. The third-order valence-electron chi connectivity index (χ3n) is 4.04. The van der Waals surface area contributed by atoms with Crippen LogP contribution in [0.5, 0.6) is 0 Å². The van der Waals surface area contributed by atoms with Crippen LogP contribution >= 0.6 is 0 Å². The number of piperazine rings is 1. The molecular formula is C15H21N3O. The third kappa shape index (κ3) is 2.73. The molecule has 1 saturated heterocycles. The Morgan fingerprint density at radius 2 is 2.05 bits per heavy atom. The second kappa shape index (κ2) is 5.61. The summed E-state index contributed by atoms with van der Waals surface area (Å²) in [6, 6.07) is 6.38. The van der Waals surface area contributed by atoms with Crippen molar-refractivity contribution in [2.45, 2.75) is 19.3 Å². The van der Waals surface area contributed by atoms with Crippen LogP contribution in [-0.2, 0) is 17.6 Å². The van der Waals surface area contributed by atoms with Gasteiger partial charge in [0, 0.05) is 44.8 Å². The number of anilines is 1. The first-order chi connectivity index (χ1) is 9.34. The van der Waals surface area contributed by atoms with E-state index in [-0.39, 0.29) is 0 Å². The maximum atomic E-state index is 12.2. The summed E-state index contributed by atoms with van der Waals surface area (Å²) in [5, 5.41) is 6.66. The van der Waals surface area contributed by atoms with Crippen molar-refractivity contribution in [1.82, 2.24) is 10.2 Å². The Balaban J connectivity index is 1.60. The Morgan fingerprint density at radius 1 is 1.21 bits per heavy atom. The lowest BCUT2D eigenvalue weighted by Gasteiger charge is -2.27. The largest absolute Gasteiger partial charge is 0.384 e. The molecule has 4 heteroatoms. The van der Waals surface area contributed by atoms with Gasteiger partial charge in [0.15, 0.2) is 0 Å². The Morgan fingerprint density at radius 3 is 2.89 bits per heavy atom. The number of aryl methyl sites for hydroxylation is 1. The van der Waals surface area contributed by atoms with Crippen molar-refractivity contribution < 1.29 is 4.79 Å². The molecule has 0 aromatic heterocycles. The number of amides is 1. The van der Waals surface area contributed by atoms with Gasteiger partial charge in [0.1, 0.15) is 0 Å². The number of carbonyl (C=O) groups excluding carboxylic acids is 1. The van der Waals surface area contributed by atoms with E-state index in [2.05, 4.69) is 28.8 Å². The topological polar surface area (TPSA) is 44.4 Å². The third-order valence-corrected chi connectivity index (χ3v) is 4.04. The van der Waals surface area contributed by atoms with Gasteiger partial charge in [0.05, 0.1) is 0 Å². The fourth-order valence-corrected chi connectivity index (χ4v) is 2.97. The van der Waals surface area contributed by atoms with Gasteiger partial charge in [0.2, 0.25) is 5.91 Å². The zero-order valence-electron chi connectivity index (χ0n) is 11.2. The molecule has 2 heterocycles. The molecule has 2 N–H and O–H groups in total. The fourth-order valence-electron chi connectivity index (χ4n) is 2.97. The van der Waals surface area contributed by atoms with E-state index in [0.29, 0.717) is 12.3 Å². The molecule has 0 radical (unpaired) electrons. The minimum atomic E-state index is 0.296. The van der Waals surface area contributed by atoms with Crippen LogP contribution in [0, 0.1) is 0 Å². The fraction of sp³-hybridized carbons (Fsp3) is 0.533. The zero-order valence-corrected chi connectivity index (χ0v) is 11.2. The van der Waals surface area contributed by atoms with E-state index >= 15 is 0 Å². The predicted molar refractivity (Wildman–Crippen MR) is 76.4 cm³/mol. The van der Waals surface area contributed by atoms with Gasteiger partial charge in [-0.2, -0.15) is 0 Å². The average Bonchev–Trinajstić information content (AvgIpc) is 2.94. The molecule has 19 heavy (non-hydrogen) atoms. The van der Waals surface area contributed by atoms with Crippen LogP contribution in [0.4, 0.5) is 5.69 Å². The number of benzene rings is 1. The highest BCUT2D eigenvalue weighted by atomic mass is 16.2. The molecule has 0 saturated carbocycles. The van der Waals surface area contributed by atoms with E-state index < -0.39 is 0 Å². The maximum absolute atomic E-state index is 12.2. The molecule has 1 amide bonds. The molecule has 0 aliphatic carbocycles. The number of fused-ring (bicyclic) bond motifs is 1. The van der Waals surface area contributed by atoms with E-state index in [9.17, 15) is 4.79 Å². The van der Waals surface area contributed by atoms with E-state index in [1.165, 1.54) is 16.8 Å². The van der Waals surface area contributed by atoms with Gasteiger partial charge in [-0.1, -0.05) is 12.1 Å². The summed E-state index contributed by atoms with van der Waals surface area (Å²) >= 11 is 0. The summed E-state index contributed by atoms with van der Waals surface area (Å²) in [6.07, 6.45) is 2.59. The van der Waals surface area contributed by atoms with E-state index in [1.807, 2.05) is 4.90 Å². The van der Waals surface area contributed by atoms with Gasteiger partial charge in [0.25, 0.3) is 0 Å². The highest BCUT2D eigenvalue weighted by Gasteiger charge is 2.18. The smallest absolute Gasteiger partial charge is 0.222 e. The van der Waals surface area contributed by atoms with Crippen LogP contribution in [0.1, 0.15) is 17.5 Å². The number of hydrogen-bond donors (Lipinski definition) is 2. The summed E-state index contributed by atoms with van der Waals surface area (Å²) in [5.41, 5.74) is 4.01. The number of nitrogens with zero attached hydrogens (tertiary/aromatic N) is 1. The Hall–Kier alpha value is -1.55. The first-order valence-electron chi connectivity index (χ1n) is 7.18. The molecule has 0 unspecified atom stereocenters. The molecule has 2 aliphatic heterocycles. The van der Waals surface area contributed by atoms with E-state index in [4.69, 9.17) is 0 Å². The van der Waals surface area contributed by atoms with Crippen molar-refractivity contribution in [3.05, 3.63) is 29.3 Å². The van der Waals surface area contributed by atoms with Crippen molar-refractivity contribution in [3.8, 4) is 0 Å². The molecule has 1 fully saturated rings. The molecular weight excluding hydrogens is 238 g/mol. The molecule has 1 aromatic carbocycles. The van der Waals surface area contributed by atoms with Crippen LogP contribution in [0.15, 0.2) is 18.2 Å². The Labute approximate surface area is 114 Å². The van der Waals surface area contributed by atoms with Gasteiger partial charge in [-0.05, 0) is 30.0 Å². The quantitative estimate of drug-likeness (QED) is 0.852. The Kier molecular flexibility index (Phi) is 3.69. The number of carbonyl (C=O) groups is 1. The number of rotatable bonds is 3. The van der Waals surface area contributed by atoms with Crippen LogP contribution < -0.4 is 10.6 Å². The van der Waals surface area contributed by atoms with Gasteiger partial charge >= 0.3 is 0 Å². The molecule has 0 atom stereocenters. The second-order valence-electron chi connectivity index (χ2n) is 5.25. The molecule has 3 rings (SSSR count). The molecule has 0 bridgehead atoms. The Bertz CT molecular complexity index is 466. The van der Waals surface area contributed by atoms with Crippen molar-refractivity contribution in [2.24, 2.45) is 0 Å². The van der Waals surface area contributed by atoms with Gasteiger partial charge < -0.3 is 15.5 Å². The minimum Gasteiger partial charge on any atom is -0.384 e. The highest BCUT2D eigenvalue weighted by Crippen LogP contribution is 2.26. The highest BCUT2D eigenvalue weighted by molar-refractivity contribution is 5.76. The SMILES string of the molecule is O=C(CCc1cccc2c1CCN2)N1CCNCC1. The molecule has 0 spiro atoms. The number of nitrogens with one attached hydrogen (secondary N) is 2. The average molecular weight is 259 g/mol. The maximum Gasteiger partial charge on any atom is 0.222 e. The van der Waals surface area contributed by atoms with E-state index in [0.717, 1.165) is 45.6 Å². The van der Waals surface area contributed by atoms with Crippen LogP contribution in [-0.4, -0.2) is 43.5 Å². The van der Waals surface area contributed by atoms with Crippen molar-refractivity contribution in [2.75, 3.05) is 38.0 Å². The van der Waals surface area contributed by atoms with Gasteiger partial charge in [-0.3, -0.25) is 4.79 Å². The summed E-state index contributed by atoms with van der Waals surface area (Å²) in [6.45, 7) is 4.59. The van der Waals surface area contributed by atoms with Crippen LogP contribution in [0.25, 0.3) is 0 Å². The first kappa shape index (κ1) is 12.5. The first-order valence-corrected chi connectivity index (χ1v) is 7.18. The van der Waals surface area contributed by atoms with E-state index in [1.54, 1.807) is 0 Å². The number of hydrogen-bond acceptors (Lipinski definition) is 3. The van der Waals surface area contributed by atoms with Crippen molar-refractivity contribution in [1.29, 1.82) is 0 Å². The molecule has 102 valence electrons. The second-order valence-corrected chi connectivity index (χ2v) is 5.25.